The topological polar surface area (TPSA) is 0 Å². The molecule has 5 heteroatoms. The predicted molar refractivity (Wildman–Crippen MR) is 352 cm³/mol. The largest absolute Gasteiger partial charge is 0 e. The van der Waals surface area contributed by atoms with Crippen molar-refractivity contribution in [3.05, 3.63) is 364 Å². The quantitative estimate of drug-likeness (QED) is 0.0845. The Bertz CT molecular complexity index is 2780. The summed E-state index contributed by atoms with van der Waals surface area (Å²) in [4.78, 5) is 0. The van der Waals surface area contributed by atoms with Crippen LogP contribution in [0.25, 0.3) is 0 Å². The molecule has 0 spiro atoms. The summed E-state index contributed by atoms with van der Waals surface area (Å²) in [5.74, 6) is 0. The van der Waals surface area contributed by atoms with Crippen LogP contribution in [0.1, 0.15) is 0 Å². The van der Waals surface area contributed by atoms with Gasteiger partial charge in [0.2, 0.25) is 0 Å². The normalized spacial score (nSPS) is 12.6. The first-order valence-electron chi connectivity index (χ1n) is 27.9. The average molecular weight is 1170 g/mol. The van der Waals surface area contributed by atoms with Gasteiger partial charge in [0, 0.05) is 20.4 Å². The summed E-state index contributed by atoms with van der Waals surface area (Å²) in [7, 11) is -10.5. The molecule has 12 rings (SSSR count). The monoisotopic (exact) mass is 1170 g/mol. The molecule has 0 N–H and O–H groups in total. The van der Waals surface area contributed by atoms with Crippen LogP contribution in [0, 0.1) is 0 Å². The Morgan fingerprint density at radius 3 is 0.260 bits per heavy atom. The molecule has 386 valence electrons. The molecule has 0 unspecified atom stereocenters. The summed E-state index contributed by atoms with van der Waals surface area (Å²) < 4.78 is 37.1. The van der Waals surface area contributed by atoms with Crippen LogP contribution in [0.4, 0.5) is 0 Å². The third-order valence-electron chi connectivity index (χ3n) is 12.7. The van der Waals surface area contributed by atoms with Crippen molar-refractivity contribution < 1.29 is 20.4 Å². The summed E-state index contributed by atoms with van der Waals surface area (Å²) in [6, 6.07) is 123. The minimum Gasteiger partial charge on any atom is 0 e. The van der Waals surface area contributed by atoms with Gasteiger partial charge in [-0.25, -0.2) is 0 Å². The summed E-state index contributed by atoms with van der Waals surface area (Å²) >= 11 is 0. The van der Waals surface area contributed by atoms with Gasteiger partial charge in [0.15, 0.2) is 0 Å². The van der Waals surface area contributed by atoms with Crippen LogP contribution in [-0.4, -0.2) is 5.11 Å². The minimum absolute atomic E-state index is 0. The molecule has 0 heterocycles. The van der Waals surface area contributed by atoms with Crippen molar-refractivity contribution in [3.8, 4) is 0 Å². The van der Waals surface area contributed by atoms with Crippen LogP contribution in [0.15, 0.2) is 364 Å². The van der Waals surface area contributed by atoms with E-state index in [0.717, 1.165) is 63.7 Å². The molecule has 0 nitrogen and oxygen atoms in total. The van der Waals surface area contributed by atoms with E-state index >= 15 is 0 Å². The SMILES string of the molecule is [2H][PH](c1ccccc1)(c1ccccc1)c1ccccc1.[2H][PH](c1ccccc1)(c1ccccc1)c1ccccc1.[2H][PH](c1ccccc1)(c1ccccc1)c1ccccc1.[2H][PH](c1ccccc1)(c1ccccc1)c1ccccc1.[Pd]. The van der Waals surface area contributed by atoms with Crippen LogP contribution >= 0.6 is 31.5 Å². The van der Waals surface area contributed by atoms with E-state index in [9.17, 15) is 5.11 Å². The molecule has 0 saturated carbocycles. The first-order chi connectivity index (χ1) is 39.3. The second-order valence-electron chi connectivity index (χ2n) is 17.9. The van der Waals surface area contributed by atoms with Gasteiger partial charge in [0.25, 0.3) is 0 Å². The van der Waals surface area contributed by atoms with Gasteiger partial charge in [-0.05, 0) is 0 Å². The van der Waals surface area contributed by atoms with Crippen molar-refractivity contribution in [3.63, 3.8) is 0 Å². The van der Waals surface area contributed by atoms with Gasteiger partial charge in [-0.3, -0.25) is 0 Å². The van der Waals surface area contributed by atoms with Gasteiger partial charge in [0.1, 0.15) is 0 Å². The fourth-order valence-corrected chi connectivity index (χ4v) is 19.6. The molecule has 0 bridgehead atoms. The number of benzene rings is 12. The Hall–Kier alpha value is -6.98. The summed E-state index contributed by atoms with van der Waals surface area (Å²) in [6.07, 6.45) is 0. The standard InChI is InChI=1S/4C18H17P.Pd/c4*1-4-10-16(11-5-1)19(17-12-6-2-7-13-17)18-14-8-3-9-15-18;/h4*1-15H,19H2;/i4*19D;. The Kier molecular flexibility index (Phi) is 20.7. The number of rotatable bonds is 12. The molecule has 0 amide bonds. The molecule has 0 radical (unpaired) electrons. The summed E-state index contributed by atoms with van der Waals surface area (Å²) in [5, 5.41) is 13.5. The Morgan fingerprint density at radius 1 is 0.130 bits per heavy atom. The molecule has 0 atom stereocenters. The van der Waals surface area contributed by atoms with Crippen molar-refractivity contribution in [1.29, 1.82) is 5.11 Å². The molecule has 0 aliphatic rings. The maximum absolute atomic E-state index is 9.28. The molecule has 0 aromatic heterocycles. The van der Waals surface area contributed by atoms with Gasteiger partial charge in [0.05, 0.1) is 0 Å². The van der Waals surface area contributed by atoms with E-state index in [1.54, 1.807) is 0 Å². The van der Waals surface area contributed by atoms with E-state index in [-0.39, 0.29) is 20.4 Å². The molecule has 0 fully saturated rings. The zero-order chi connectivity index (χ0) is 55.4. The Labute approximate surface area is 481 Å². The third-order valence-corrected chi connectivity index (χ3v) is 23.7. The second kappa shape index (κ2) is 31.3. The van der Waals surface area contributed by atoms with Gasteiger partial charge in [-0.1, -0.05) is 0 Å². The number of hydrogen-bond acceptors (Lipinski definition) is 0. The van der Waals surface area contributed by atoms with E-state index in [2.05, 4.69) is 146 Å². The fourth-order valence-electron chi connectivity index (χ4n) is 9.26. The van der Waals surface area contributed by atoms with Gasteiger partial charge >= 0.3 is 464 Å². The van der Waals surface area contributed by atoms with E-state index < -0.39 is 31.5 Å². The summed E-state index contributed by atoms with van der Waals surface area (Å²) in [6.45, 7) is 0. The van der Waals surface area contributed by atoms with E-state index in [1.165, 1.54) is 0 Å². The zero-order valence-electron chi connectivity index (χ0n) is 47.0. The average Bonchev–Trinajstić information content (AvgIpc) is 3.63. The molecule has 12 aromatic carbocycles. The van der Waals surface area contributed by atoms with E-state index in [1.807, 2.05) is 218 Å². The molecule has 0 saturated heterocycles. The predicted octanol–water partition coefficient (Wildman–Crippen LogP) is 11.6. The van der Waals surface area contributed by atoms with Crippen molar-refractivity contribution in [2.45, 2.75) is 0 Å². The summed E-state index contributed by atoms with van der Waals surface area (Å²) in [5.41, 5.74) is 0. The smallest absolute Gasteiger partial charge is 0 e. The fraction of sp³-hybridized carbons (Fsp3) is 0. The molecule has 0 aliphatic heterocycles. The Balaban J connectivity index is 0.000000141. The molecule has 77 heavy (non-hydrogen) atoms. The van der Waals surface area contributed by atoms with Crippen LogP contribution in [0.5, 0.6) is 0 Å². The van der Waals surface area contributed by atoms with E-state index in [0.29, 0.717) is 0 Å². The van der Waals surface area contributed by atoms with Gasteiger partial charge < -0.3 is 0 Å². The minimum atomic E-state index is -2.63. The third kappa shape index (κ3) is 16.5. The maximum Gasteiger partial charge on any atom is 0 e. The van der Waals surface area contributed by atoms with Crippen molar-refractivity contribution in [1.82, 2.24) is 0 Å². The Morgan fingerprint density at radius 2 is 0.195 bits per heavy atom. The van der Waals surface area contributed by atoms with Crippen LogP contribution in [-0.2, 0) is 20.4 Å². The zero-order valence-corrected chi connectivity index (χ0v) is 48.5. The molecular formula is C72H68P4Pd. The number of hydrogen-bond donors (Lipinski definition) is 0. The first kappa shape index (κ1) is 50.8. The van der Waals surface area contributed by atoms with E-state index in [4.69, 9.17) is 0 Å². The van der Waals surface area contributed by atoms with Crippen molar-refractivity contribution >= 4 is 95.1 Å². The molecular weight excluding hydrogens is 1100 g/mol. The van der Waals surface area contributed by atoms with Gasteiger partial charge in [-0.15, -0.1) is 0 Å². The molecule has 0 aliphatic carbocycles. The van der Waals surface area contributed by atoms with Crippen LogP contribution in [0.2, 0.25) is 0 Å². The first-order valence-corrected chi connectivity index (χ1v) is 31.9. The van der Waals surface area contributed by atoms with Gasteiger partial charge in [-0.2, -0.15) is 0 Å². The van der Waals surface area contributed by atoms with Crippen LogP contribution in [0.3, 0.4) is 0 Å². The van der Waals surface area contributed by atoms with Crippen molar-refractivity contribution in [2.24, 2.45) is 0 Å². The van der Waals surface area contributed by atoms with Crippen molar-refractivity contribution in [2.75, 3.05) is 0 Å². The van der Waals surface area contributed by atoms with Crippen LogP contribution < -0.4 is 63.7 Å². The molecule has 12 aromatic rings. The maximum atomic E-state index is 9.28. The second-order valence-corrected chi connectivity index (χ2v) is 27.8.